The van der Waals surface area contributed by atoms with Crippen LogP contribution >= 0.6 is 11.3 Å². The van der Waals surface area contributed by atoms with E-state index in [2.05, 4.69) is 59.7 Å². The van der Waals surface area contributed by atoms with Crippen LogP contribution in [0.2, 0.25) is 0 Å². The van der Waals surface area contributed by atoms with Gasteiger partial charge in [-0.1, -0.05) is 19.9 Å². The van der Waals surface area contributed by atoms with Gasteiger partial charge in [-0.2, -0.15) is 0 Å². The largest absolute Gasteiger partial charge is 0.369 e. The topological polar surface area (TPSA) is 28.2 Å². The second kappa shape index (κ2) is 7.57. The summed E-state index contributed by atoms with van der Waals surface area (Å²) in [6.07, 6.45) is 2.00. The lowest BCUT2D eigenvalue weighted by Crippen LogP contribution is -2.23. The summed E-state index contributed by atoms with van der Waals surface area (Å²) in [5, 5.41) is 5.64. The van der Waals surface area contributed by atoms with Crippen LogP contribution in [-0.2, 0) is 13.1 Å². The summed E-state index contributed by atoms with van der Waals surface area (Å²) in [6.45, 7) is 9.35. The van der Waals surface area contributed by atoms with Gasteiger partial charge in [0.25, 0.3) is 0 Å². The first kappa shape index (κ1) is 16.0. The van der Waals surface area contributed by atoms with Crippen LogP contribution in [0.3, 0.4) is 0 Å². The van der Waals surface area contributed by atoms with E-state index in [0.717, 1.165) is 25.3 Å². The molecule has 114 valence electrons. The average molecular weight is 303 g/mol. The van der Waals surface area contributed by atoms with Gasteiger partial charge in [-0.3, -0.25) is 4.98 Å². The number of pyridine rings is 1. The molecule has 0 spiro atoms. The molecule has 21 heavy (non-hydrogen) atoms. The van der Waals surface area contributed by atoms with Gasteiger partial charge in [0.05, 0.1) is 6.54 Å². The molecule has 0 aliphatic carbocycles. The zero-order valence-electron chi connectivity index (χ0n) is 13.4. The van der Waals surface area contributed by atoms with E-state index in [1.54, 1.807) is 11.3 Å². The van der Waals surface area contributed by atoms with Crippen molar-refractivity contribution in [3.05, 3.63) is 45.9 Å². The molecule has 0 saturated carbocycles. The molecule has 4 heteroatoms. The van der Waals surface area contributed by atoms with E-state index in [1.807, 2.05) is 13.1 Å². The highest BCUT2D eigenvalue weighted by atomic mass is 32.1. The fourth-order valence-corrected chi connectivity index (χ4v) is 3.04. The molecule has 0 atom stereocenters. The zero-order valence-corrected chi connectivity index (χ0v) is 14.2. The fraction of sp³-hybridized carbons (Fsp3) is 0.471. The van der Waals surface area contributed by atoms with E-state index in [0.29, 0.717) is 5.92 Å². The number of anilines is 1. The zero-order chi connectivity index (χ0) is 15.2. The van der Waals surface area contributed by atoms with Gasteiger partial charge in [0.2, 0.25) is 0 Å². The molecule has 0 aliphatic rings. The highest BCUT2D eigenvalue weighted by Gasteiger charge is 2.10. The molecule has 0 radical (unpaired) electrons. The molecule has 2 aromatic rings. The monoisotopic (exact) mass is 303 g/mol. The quantitative estimate of drug-likeness (QED) is 0.842. The molecule has 1 N–H and O–H groups in total. The molecule has 0 fully saturated rings. The highest BCUT2D eigenvalue weighted by Crippen LogP contribution is 2.23. The Hall–Kier alpha value is -1.39. The predicted octanol–water partition coefficient (Wildman–Crippen LogP) is 3.83. The van der Waals surface area contributed by atoms with Gasteiger partial charge in [-0.25, -0.2) is 0 Å². The van der Waals surface area contributed by atoms with Gasteiger partial charge in [0.1, 0.15) is 0 Å². The Labute approximate surface area is 132 Å². The summed E-state index contributed by atoms with van der Waals surface area (Å²) < 4.78 is 0. The Morgan fingerprint density at radius 3 is 2.86 bits per heavy atom. The molecule has 0 aliphatic heterocycles. The van der Waals surface area contributed by atoms with Crippen LogP contribution < -0.4 is 10.2 Å². The molecular weight excluding hydrogens is 278 g/mol. The normalized spacial score (nSPS) is 11.1. The number of aromatic nitrogens is 1. The third-order valence-electron chi connectivity index (χ3n) is 3.35. The van der Waals surface area contributed by atoms with Gasteiger partial charge >= 0.3 is 0 Å². The minimum Gasteiger partial charge on any atom is -0.369 e. The molecule has 3 nitrogen and oxygen atoms in total. The van der Waals surface area contributed by atoms with E-state index < -0.39 is 0 Å². The lowest BCUT2D eigenvalue weighted by atomic mass is 10.1. The van der Waals surface area contributed by atoms with Crippen molar-refractivity contribution in [1.82, 2.24) is 10.3 Å². The van der Waals surface area contributed by atoms with E-state index >= 15 is 0 Å². The van der Waals surface area contributed by atoms with Crippen molar-refractivity contribution < 1.29 is 0 Å². The van der Waals surface area contributed by atoms with Gasteiger partial charge in [-0.15, -0.1) is 11.3 Å². The third kappa shape index (κ3) is 4.83. The van der Waals surface area contributed by atoms with E-state index in [-0.39, 0.29) is 0 Å². The molecule has 0 amide bonds. The number of nitrogens with zero attached hydrogens (tertiary/aromatic N) is 2. The molecule has 0 aromatic carbocycles. The number of thiophene rings is 1. The van der Waals surface area contributed by atoms with Crippen molar-refractivity contribution in [1.29, 1.82) is 0 Å². The summed E-state index contributed by atoms with van der Waals surface area (Å²) in [5.41, 5.74) is 3.60. The van der Waals surface area contributed by atoms with Crippen molar-refractivity contribution in [2.24, 2.45) is 5.92 Å². The Morgan fingerprint density at radius 2 is 2.19 bits per heavy atom. The molecule has 0 saturated heterocycles. The van der Waals surface area contributed by atoms with Crippen molar-refractivity contribution in [2.45, 2.75) is 33.9 Å². The molecular formula is C17H25N3S. The van der Waals surface area contributed by atoms with E-state index in [4.69, 9.17) is 0 Å². The molecule has 0 unspecified atom stereocenters. The lowest BCUT2D eigenvalue weighted by molar-refractivity contribution is 0.551. The second-order valence-corrected chi connectivity index (χ2v) is 6.95. The number of rotatable bonds is 7. The van der Waals surface area contributed by atoms with Gasteiger partial charge in [-0.05, 0) is 36.9 Å². The first-order valence-electron chi connectivity index (χ1n) is 7.46. The second-order valence-electron chi connectivity index (χ2n) is 5.91. The summed E-state index contributed by atoms with van der Waals surface area (Å²) in [5.74, 6) is 0.663. The van der Waals surface area contributed by atoms with Crippen molar-refractivity contribution in [3.63, 3.8) is 0 Å². The number of aryl methyl sites for hydroxylation is 1. The molecule has 2 heterocycles. The van der Waals surface area contributed by atoms with Gasteiger partial charge in [0.15, 0.2) is 0 Å². The number of hydrogen-bond donors (Lipinski definition) is 1. The Kier molecular flexibility index (Phi) is 5.76. The molecule has 0 bridgehead atoms. The maximum atomic E-state index is 4.45. The van der Waals surface area contributed by atoms with Crippen LogP contribution in [-0.4, -0.2) is 18.6 Å². The van der Waals surface area contributed by atoms with Crippen molar-refractivity contribution in [3.8, 4) is 0 Å². The average Bonchev–Trinajstić information content (AvgIpc) is 2.92. The number of nitrogens with one attached hydrogen (secondary N) is 1. The Bertz CT molecular complexity index is 549. The van der Waals surface area contributed by atoms with E-state index in [1.165, 1.54) is 16.1 Å². The van der Waals surface area contributed by atoms with Crippen LogP contribution in [0.15, 0.2) is 29.8 Å². The lowest BCUT2D eigenvalue weighted by Gasteiger charge is -2.22. The third-order valence-corrected chi connectivity index (χ3v) is 4.21. The highest BCUT2D eigenvalue weighted by molar-refractivity contribution is 7.09. The first-order chi connectivity index (χ1) is 10.1. The van der Waals surface area contributed by atoms with Crippen molar-refractivity contribution in [2.75, 3.05) is 18.5 Å². The van der Waals surface area contributed by atoms with Gasteiger partial charge < -0.3 is 10.2 Å². The number of hydrogen-bond acceptors (Lipinski definition) is 4. The van der Waals surface area contributed by atoms with Crippen molar-refractivity contribution >= 4 is 17.0 Å². The van der Waals surface area contributed by atoms with Gasteiger partial charge in [0, 0.05) is 41.6 Å². The first-order valence-corrected chi connectivity index (χ1v) is 8.34. The maximum Gasteiger partial charge on any atom is 0.0519 e. The summed E-state index contributed by atoms with van der Waals surface area (Å²) in [6, 6.07) is 6.47. The standard InChI is InChI=1S/C17H25N3S/c1-13(2)9-18-10-15-11-19-14(3)8-17(15)20(4)12-16-6-5-7-21-16/h5-8,11,13,18H,9-10,12H2,1-4H3. The SMILES string of the molecule is Cc1cc(N(C)Cc2cccs2)c(CNCC(C)C)cn1. The minimum atomic E-state index is 0.663. The predicted molar refractivity (Wildman–Crippen MR) is 91.9 cm³/mol. The van der Waals surface area contributed by atoms with Crippen LogP contribution in [0.4, 0.5) is 5.69 Å². The van der Waals surface area contributed by atoms with Crippen LogP contribution in [0.5, 0.6) is 0 Å². The summed E-state index contributed by atoms with van der Waals surface area (Å²) >= 11 is 1.80. The van der Waals surface area contributed by atoms with Crippen LogP contribution in [0.25, 0.3) is 0 Å². The molecule has 2 aromatic heterocycles. The van der Waals surface area contributed by atoms with E-state index in [9.17, 15) is 0 Å². The minimum absolute atomic E-state index is 0.663. The summed E-state index contributed by atoms with van der Waals surface area (Å²) in [4.78, 5) is 8.15. The Balaban J connectivity index is 2.10. The Morgan fingerprint density at radius 1 is 1.38 bits per heavy atom. The van der Waals surface area contributed by atoms with Crippen LogP contribution in [0.1, 0.15) is 30.0 Å². The summed E-state index contributed by atoms with van der Waals surface area (Å²) in [7, 11) is 2.15. The smallest absolute Gasteiger partial charge is 0.0519 e. The molecule has 2 rings (SSSR count). The maximum absolute atomic E-state index is 4.45. The fourth-order valence-electron chi connectivity index (χ4n) is 2.28. The van der Waals surface area contributed by atoms with Crippen LogP contribution in [0, 0.1) is 12.8 Å².